The predicted octanol–water partition coefficient (Wildman–Crippen LogP) is 20.0. The van der Waals surface area contributed by atoms with Crippen molar-refractivity contribution in [2.75, 3.05) is 9.80 Å². The summed E-state index contributed by atoms with van der Waals surface area (Å²) in [4.78, 5) is 4.87. The molecule has 3 aromatic heterocycles. The van der Waals surface area contributed by atoms with Gasteiger partial charge in [0.15, 0.2) is 0 Å². The lowest BCUT2D eigenvalue weighted by molar-refractivity contribution is 1.18. The van der Waals surface area contributed by atoms with E-state index < -0.39 is 0 Å². The standard InChI is InChI=1S/C70H46N4S/c1-5-20-50(21-6-1)71(54-36-40-69-64(45-54)62-30-16-18-32-68(62)75-69)56-41-49(48-34-37-61-63-38-33-47-19-13-14-28-58(47)70(63)74(66(61)43-48)53-26-11-4-12-27-53)42-57(44-56)72(51-22-7-2-8-23-51)55-35-39-60-59-29-15-17-31-65(59)73(67(60)46-55)52-24-9-3-10-25-52/h1-46H. The Morgan fingerprint density at radius 3 is 1.48 bits per heavy atom. The van der Waals surface area contributed by atoms with Gasteiger partial charge in [0.25, 0.3) is 0 Å². The minimum absolute atomic E-state index is 1.04. The highest BCUT2D eigenvalue weighted by atomic mass is 32.1. The van der Waals surface area contributed by atoms with E-state index in [1.165, 1.54) is 63.5 Å². The maximum absolute atomic E-state index is 2.47. The van der Waals surface area contributed by atoms with E-state index >= 15 is 0 Å². The second-order valence-electron chi connectivity index (χ2n) is 19.3. The van der Waals surface area contributed by atoms with Gasteiger partial charge in [-0.2, -0.15) is 0 Å². The molecule has 352 valence electrons. The summed E-state index contributed by atoms with van der Waals surface area (Å²) in [7, 11) is 0. The highest BCUT2D eigenvalue weighted by Gasteiger charge is 2.23. The van der Waals surface area contributed by atoms with Gasteiger partial charge in [-0.1, -0.05) is 164 Å². The van der Waals surface area contributed by atoms with Crippen LogP contribution in [0, 0.1) is 0 Å². The Hall–Kier alpha value is -9.68. The lowest BCUT2D eigenvalue weighted by atomic mass is 10.00. The fraction of sp³-hybridized carbons (Fsp3) is 0. The molecular formula is C70H46N4S. The summed E-state index contributed by atoms with van der Waals surface area (Å²) in [6.07, 6.45) is 0. The molecule has 0 bridgehead atoms. The van der Waals surface area contributed by atoms with E-state index in [1.54, 1.807) is 0 Å². The Morgan fingerprint density at radius 2 is 0.760 bits per heavy atom. The number of nitrogens with zero attached hydrogens (tertiary/aromatic N) is 4. The molecule has 4 nitrogen and oxygen atoms in total. The normalized spacial score (nSPS) is 11.7. The van der Waals surface area contributed by atoms with E-state index in [-0.39, 0.29) is 0 Å². The Kier molecular flexibility index (Phi) is 10.0. The summed E-state index contributed by atoms with van der Waals surface area (Å²) >= 11 is 1.85. The third-order valence-corrected chi connectivity index (χ3v) is 16.1. The Balaban J connectivity index is 1.02. The van der Waals surface area contributed by atoms with E-state index in [2.05, 4.69) is 298 Å². The monoisotopic (exact) mass is 974 g/mol. The number of benzene rings is 12. The number of fused-ring (bicyclic) bond motifs is 11. The van der Waals surface area contributed by atoms with Crippen LogP contribution in [0.5, 0.6) is 0 Å². The van der Waals surface area contributed by atoms with Gasteiger partial charge in [-0.25, -0.2) is 0 Å². The van der Waals surface area contributed by atoms with Crippen molar-refractivity contribution in [3.8, 4) is 22.5 Å². The lowest BCUT2D eigenvalue weighted by Crippen LogP contribution is -2.13. The van der Waals surface area contributed by atoms with Gasteiger partial charge in [0.1, 0.15) is 0 Å². The van der Waals surface area contributed by atoms with Crippen LogP contribution in [-0.4, -0.2) is 9.13 Å². The van der Waals surface area contributed by atoms with Crippen LogP contribution >= 0.6 is 11.3 Å². The Morgan fingerprint density at radius 1 is 0.253 bits per heavy atom. The van der Waals surface area contributed by atoms with Crippen molar-refractivity contribution in [1.29, 1.82) is 0 Å². The van der Waals surface area contributed by atoms with Crippen molar-refractivity contribution < 1.29 is 0 Å². The molecule has 3 heterocycles. The molecule has 5 heteroatoms. The molecule has 0 spiro atoms. The second kappa shape index (κ2) is 17.5. The van der Waals surface area contributed by atoms with Crippen LogP contribution < -0.4 is 9.80 Å². The number of para-hydroxylation sites is 5. The van der Waals surface area contributed by atoms with Crippen molar-refractivity contribution >= 4 is 120 Å². The molecule has 0 saturated heterocycles. The fourth-order valence-corrected chi connectivity index (χ4v) is 12.8. The van der Waals surface area contributed by atoms with Crippen LogP contribution in [0.3, 0.4) is 0 Å². The van der Waals surface area contributed by atoms with E-state index in [4.69, 9.17) is 0 Å². The maximum atomic E-state index is 2.47. The number of hydrogen-bond acceptors (Lipinski definition) is 3. The number of aromatic nitrogens is 2. The molecule has 0 N–H and O–H groups in total. The number of hydrogen-bond donors (Lipinski definition) is 0. The molecular weight excluding hydrogens is 929 g/mol. The molecule has 0 atom stereocenters. The van der Waals surface area contributed by atoms with Crippen LogP contribution in [0.15, 0.2) is 279 Å². The first-order valence-electron chi connectivity index (χ1n) is 25.6. The van der Waals surface area contributed by atoms with Crippen LogP contribution in [0.1, 0.15) is 0 Å². The summed E-state index contributed by atoms with van der Waals surface area (Å²) in [6, 6.07) is 102. The topological polar surface area (TPSA) is 16.3 Å². The number of rotatable bonds is 9. The lowest BCUT2D eigenvalue weighted by Gasteiger charge is -2.30. The van der Waals surface area contributed by atoms with Gasteiger partial charge in [0.05, 0.1) is 22.1 Å². The van der Waals surface area contributed by atoms with Crippen LogP contribution in [0.2, 0.25) is 0 Å². The van der Waals surface area contributed by atoms with Gasteiger partial charge in [-0.3, -0.25) is 0 Å². The van der Waals surface area contributed by atoms with Crippen LogP contribution in [0.25, 0.3) is 97.1 Å². The quantitative estimate of drug-likeness (QED) is 0.143. The first-order chi connectivity index (χ1) is 37.2. The van der Waals surface area contributed by atoms with E-state index in [9.17, 15) is 0 Å². The average Bonchev–Trinajstić information content (AvgIpc) is 4.22. The Bertz CT molecular complexity index is 4650. The smallest absolute Gasteiger partial charge is 0.0619 e. The number of anilines is 6. The van der Waals surface area contributed by atoms with Crippen LogP contribution in [0.4, 0.5) is 34.1 Å². The van der Waals surface area contributed by atoms with E-state index in [1.807, 2.05) is 11.3 Å². The molecule has 0 amide bonds. The zero-order chi connectivity index (χ0) is 49.4. The minimum atomic E-state index is 1.04. The van der Waals surface area contributed by atoms with Gasteiger partial charge in [-0.15, -0.1) is 11.3 Å². The zero-order valence-electron chi connectivity index (χ0n) is 40.8. The summed E-state index contributed by atoms with van der Waals surface area (Å²) in [5.74, 6) is 0. The van der Waals surface area contributed by atoms with Gasteiger partial charge >= 0.3 is 0 Å². The Labute approximate surface area is 438 Å². The molecule has 0 radical (unpaired) electrons. The largest absolute Gasteiger partial charge is 0.310 e. The van der Waals surface area contributed by atoms with Crippen LogP contribution in [-0.2, 0) is 0 Å². The van der Waals surface area contributed by atoms with Gasteiger partial charge in [-0.05, 0) is 132 Å². The third-order valence-electron chi connectivity index (χ3n) is 15.0. The van der Waals surface area contributed by atoms with Gasteiger partial charge in [0.2, 0.25) is 0 Å². The van der Waals surface area contributed by atoms with Crippen molar-refractivity contribution in [3.63, 3.8) is 0 Å². The molecule has 15 rings (SSSR count). The first-order valence-corrected chi connectivity index (χ1v) is 26.4. The molecule has 0 fully saturated rings. The highest BCUT2D eigenvalue weighted by molar-refractivity contribution is 7.25. The third kappa shape index (κ3) is 7.12. The molecule has 0 unspecified atom stereocenters. The van der Waals surface area contributed by atoms with E-state index in [0.29, 0.717) is 0 Å². The molecule has 15 aromatic rings. The molecule has 0 aliphatic rings. The summed E-state index contributed by atoms with van der Waals surface area (Å²) < 4.78 is 7.44. The first kappa shape index (κ1) is 43.0. The number of thiophene rings is 1. The van der Waals surface area contributed by atoms with E-state index in [0.717, 1.165) is 67.7 Å². The van der Waals surface area contributed by atoms with Gasteiger partial charge in [0, 0.05) is 92.6 Å². The molecule has 12 aromatic carbocycles. The summed E-state index contributed by atoms with van der Waals surface area (Å²) in [5.41, 5.74) is 15.5. The predicted molar refractivity (Wildman–Crippen MR) is 320 cm³/mol. The summed E-state index contributed by atoms with van der Waals surface area (Å²) in [6.45, 7) is 0. The second-order valence-corrected chi connectivity index (χ2v) is 20.4. The summed E-state index contributed by atoms with van der Waals surface area (Å²) in [5, 5.41) is 9.87. The minimum Gasteiger partial charge on any atom is -0.310 e. The van der Waals surface area contributed by atoms with Crippen molar-refractivity contribution in [1.82, 2.24) is 9.13 Å². The van der Waals surface area contributed by atoms with Gasteiger partial charge < -0.3 is 18.9 Å². The fourth-order valence-electron chi connectivity index (χ4n) is 11.7. The SMILES string of the molecule is c1ccc(N(c2cc(-c3ccc4c5ccc6ccccc6c5n(-c5ccccc5)c4c3)cc(N(c3ccccc3)c3ccc4c5ccccc5n(-c5ccccc5)c4c3)c2)c2ccc3sc4ccccc4c3c2)cc1. The molecule has 0 aliphatic carbocycles. The molecule has 75 heavy (non-hydrogen) atoms. The van der Waals surface area contributed by atoms with Crippen molar-refractivity contribution in [2.24, 2.45) is 0 Å². The molecule has 0 saturated carbocycles. The maximum Gasteiger partial charge on any atom is 0.0619 e. The highest BCUT2D eigenvalue weighted by Crippen LogP contribution is 2.47. The average molecular weight is 975 g/mol. The van der Waals surface area contributed by atoms with Crippen molar-refractivity contribution in [2.45, 2.75) is 0 Å². The zero-order valence-corrected chi connectivity index (χ0v) is 41.6. The molecule has 0 aliphatic heterocycles. The van der Waals surface area contributed by atoms with Crippen molar-refractivity contribution in [3.05, 3.63) is 279 Å².